The number of carboxylic acid groups (broad SMARTS) is 1. The number of carbonyl (C=O) groups is 2. The van der Waals surface area contributed by atoms with Gasteiger partial charge >= 0.3 is 12.1 Å². The number of aliphatic carboxylic acids is 1. The third-order valence-electron chi connectivity index (χ3n) is 5.59. The smallest absolute Gasteiger partial charge is 0.416 e. The molecule has 1 aromatic heterocycles. The maximum Gasteiger partial charge on any atom is 0.416 e. The second kappa shape index (κ2) is 11.4. The van der Waals surface area contributed by atoms with Crippen molar-refractivity contribution >= 4 is 23.2 Å². The lowest BCUT2D eigenvalue weighted by Crippen LogP contribution is -2.25. The first-order valence-electron chi connectivity index (χ1n) is 11.8. The second-order valence-electron chi connectivity index (χ2n) is 10.0. The van der Waals surface area contributed by atoms with Gasteiger partial charge < -0.3 is 15.2 Å². The molecule has 2 N–H and O–H groups in total. The molecule has 1 heterocycles. The van der Waals surface area contributed by atoms with E-state index in [1.165, 1.54) is 23.5 Å². The Labute approximate surface area is 218 Å². The summed E-state index contributed by atoms with van der Waals surface area (Å²) in [6.07, 6.45) is -4.19. The molecule has 5 nitrogen and oxygen atoms in total. The summed E-state index contributed by atoms with van der Waals surface area (Å²) in [5.41, 5.74) is 1.58. The predicted molar refractivity (Wildman–Crippen MR) is 138 cm³/mol. The molecule has 0 bridgehead atoms. The minimum atomic E-state index is -4.38. The molecule has 0 spiro atoms. The first-order chi connectivity index (χ1) is 17.2. The van der Waals surface area contributed by atoms with Crippen LogP contribution in [0.3, 0.4) is 0 Å². The van der Waals surface area contributed by atoms with E-state index in [-0.39, 0.29) is 30.4 Å². The fourth-order valence-corrected chi connectivity index (χ4v) is 4.76. The highest BCUT2D eigenvalue weighted by molar-refractivity contribution is 7.14. The number of aryl methyl sites for hydroxylation is 1. The van der Waals surface area contributed by atoms with Crippen molar-refractivity contribution in [2.24, 2.45) is 5.41 Å². The van der Waals surface area contributed by atoms with E-state index >= 15 is 0 Å². The largest absolute Gasteiger partial charge is 0.485 e. The normalized spacial score (nSPS) is 12.7. The molecule has 2 aromatic carbocycles. The van der Waals surface area contributed by atoms with Gasteiger partial charge in [-0.3, -0.25) is 9.59 Å². The Kier molecular flexibility index (Phi) is 8.68. The molecule has 1 atom stereocenters. The lowest BCUT2D eigenvalue weighted by atomic mass is 9.88. The van der Waals surface area contributed by atoms with Gasteiger partial charge in [0, 0.05) is 11.4 Å². The average Bonchev–Trinajstić information content (AvgIpc) is 3.28. The van der Waals surface area contributed by atoms with Crippen molar-refractivity contribution in [2.75, 3.05) is 6.54 Å². The van der Waals surface area contributed by atoms with Crippen LogP contribution in [0.15, 0.2) is 54.6 Å². The number of rotatable bonds is 9. The lowest BCUT2D eigenvalue weighted by molar-refractivity contribution is -0.138. The van der Waals surface area contributed by atoms with Gasteiger partial charge in [-0.15, -0.1) is 11.3 Å². The fraction of sp³-hybridized carbons (Fsp3) is 0.357. The Morgan fingerprint density at radius 3 is 2.27 bits per heavy atom. The Bertz CT molecular complexity index is 1240. The highest BCUT2D eigenvalue weighted by Gasteiger charge is 2.30. The third-order valence-corrected chi connectivity index (χ3v) is 6.77. The minimum Gasteiger partial charge on any atom is -0.485 e. The lowest BCUT2D eigenvalue weighted by Gasteiger charge is -2.26. The van der Waals surface area contributed by atoms with Crippen LogP contribution in [0.1, 0.15) is 65.4 Å². The van der Waals surface area contributed by atoms with Crippen LogP contribution in [0.2, 0.25) is 0 Å². The van der Waals surface area contributed by atoms with Crippen LogP contribution in [-0.4, -0.2) is 23.5 Å². The number of thiophene rings is 1. The summed E-state index contributed by atoms with van der Waals surface area (Å²) in [4.78, 5) is 24.4. The number of hydrogen-bond donors (Lipinski definition) is 2. The number of halogens is 3. The molecule has 3 aromatic rings. The monoisotopic (exact) mass is 533 g/mol. The molecular weight excluding hydrogens is 503 g/mol. The molecule has 0 radical (unpaired) electrons. The van der Waals surface area contributed by atoms with Gasteiger partial charge in [-0.1, -0.05) is 39.0 Å². The summed E-state index contributed by atoms with van der Waals surface area (Å²) in [5, 5.41) is 11.4. The molecule has 0 saturated heterocycles. The third kappa shape index (κ3) is 8.08. The Morgan fingerprint density at radius 1 is 1.03 bits per heavy atom. The van der Waals surface area contributed by atoms with Crippen molar-refractivity contribution in [1.82, 2.24) is 5.32 Å². The van der Waals surface area contributed by atoms with Crippen molar-refractivity contribution in [2.45, 2.75) is 52.8 Å². The van der Waals surface area contributed by atoms with Crippen LogP contribution in [0.25, 0.3) is 11.1 Å². The topological polar surface area (TPSA) is 75.6 Å². The zero-order valence-electron chi connectivity index (χ0n) is 21.1. The first kappa shape index (κ1) is 28.2. The van der Waals surface area contributed by atoms with Crippen LogP contribution < -0.4 is 10.1 Å². The summed E-state index contributed by atoms with van der Waals surface area (Å²) in [6.45, 7) is 8.21. The molecule has 0 aliphatic rings. The maximum absolute atomic E-state index is 12.9. The minimum absolute atomic E-state index is 0.0495. The van der Waals surface area contributed by atoms with Crippen molar-refractivity contribution in [3.05, 3.63) is 75.5 Å². The summed E-state index contributed by atoms with van der Waals surface area (Å²) >= 11 is 1.30. The van der Waals surface area contributed by atoms with E-state index in [9.17, 15) is 22.8 Å². The van der Waals surface area contributed by atoms with Crippen molar-refractivity contribution in [1.29, 1.82) is 0 Å². The van der Waals surface area contributed by atoms with Gasteiger partial charge in [0.05, 0.1) is 16.9 Å². The molecule has 9 heteroatoms. The molecule has 0 unspecified atom stereocenters. The predicted octanol–water partition coefficient (Wildman–Crippen LogP) is 7.50. The first-order valence-corrected chi connectivity index (χ1v) is 12.6. The highest BCUT2D eigenvalue weighted by Crippen LogP contribution is 2.38. The Hall–Kier alpha value is -3.33. The van der Waals surface area contributed by atoms with Crippen LogP contribution in [0.4, 0.5) is 13.2 Å². The molecule has 198 valence electrons. The summed E-state index contributed by atoms with van der Waals surface area (Å²) < 4.78 is 45.1. The molecule has 37 heavy (non-hydrogen) atoms. The maximum atomic E-state index is 12.9. The van der Waals surface area contributed by atoms with Gasteiger partial charge in [-0.25, -0.2) is 0 Å². The van der Waals surface area contributed by atoms with E-state index in [0.717, 1.165) is 28.1 Å². The SMILES string of the molecule is Cc1cc(O[C@@H](CC(C)(C)C)c2ccc(C(=O)NCCC(=O)O)s2)ccc1-c1ccc(C(F)(F)F)cc1. The number of carboxylic acids is 1. The zero-order valence-corrected chi connectivity index (χ0v) is 21.9. The number of nitrogens with one attached hydrogen (secondary N) is 1. The van der Waals surface area contributed by atoms with E-state index in [4.69, 9.17) is 9.84 Å². The van der Waals surface area contributed by atoms with E-state index in [1.54, 1.807) is 12.1 Å². The molecule has 1 amide bonds. The Balaban J connectivity index is 1.79. The van der Waals surface area contributed by atoms with E-state index in [2.05, 4.69) is 26.1 Å². The number of alkyl halides is 3. The van der Waals surface area contributed by atoms with Gasteiger partial charge in [0.2, 0.25) is 0 Å². The van der Waals surface area contributed by atoms with Gasteiger partial charge in [-0.2, -0.15) is 13.2 Å². The fourth-order valence-electron chi connectivity index (χ4n) is 3.81. The van der Waals surface area contributed by atoms with Crippen LogP contribution in [0, 0.1) is 12.3 Å². The molecular formula is C28H30F3NO4S. The second-order valence-corrected chi connectivity index (χ2v) is 11.1. The van der Waals surface area contributed by atoms with E-state index in [0.29, 0.717) is 22.6 Å². The number of hydrogen-bond acceptors (Lipinski definition) is 4. The zero-order chi connectivity index (χ0) is 27.4. The van der Waals surface area contributed by atoms with Crippen LogP contribution in [0.5, 0.6) is 5.75 Å². The summed E-state index contributed by atoms with van der Waals surface area (Å²) in [6, 6.07) is 14.1. The van der Waals surface area contributed by atoms with Crippen molar-refractivity contribution in [3.8, 4) is 16.9 Å². The number of ether oxygens (including phenoxy) is 1. The number of amides is 1. The quantitative estimate of drug-likeness (QED) is 0.299. The highest BCUT2D eigenvalue weighted by atomic mass is 32.1. The standard InChI is InChI=1S/C28H30F3NO4S/c1-17-15-20(9-10-21(17)18-5-7-19(8-6-18)28(29,30)31)36-22(16-27(2,3)4)23-11-12-24(37-23)26(35)32-14-13-25(33)34/h5-12,15,22H,13-14,16H2,1-4H3,(H,32,35)(H,33,34)/t22-/m0/s1. The van der Waals surface area contributed by atoms with Gasteiger partial charge in [0.15, 0.2) is 0 Å². The van der Waals surface area contributed by atoms with Gasteiger partial charge in [0.25, 0.3) is 5.91 Å². The van der Waals surface area contributed by atoms with Crippen molar-refractivity contribution in [3.63, 3.8) is 0 Å². The number of benzene rings is 2. The van der Waals surface area contributed by atoms with E-state index < -0.39 is 17.7 Å². The molecule has 0 saturated carbocycles. The van der Waals surface area contributed by atoms with Crippen LogP contribution >= 0.6 is 11.3 Å². The molecule has 0 aliphatic heterocycles. The Morgan fingerprint density at radius 2 is 1.70 bits per heavy atom. The van der Waals surface area contributed by atoms with Crippen LogP contribution in [-0.2, 0) is 11.0 Å². The summed E-state index contributed by atoms with van der Waals surface area (Å²) in [7, 11) is 0. The molecule has 0 fully saturated rings. The molecule has 3 rings (SSSR count). The van der Waals surface area contributed by atoms with Crippen molar-refractivity contribution < 1.29 is 32.6 Å². The molecule has 0 aliphatic carbocycles. The van der Waals surface area contributed by atoms with E-state index in [1.807, 2.05) is 25.1 Å². The number of carbonyl (C=O) groups excluding carboxylic acids is 1. The summed E-state index contributed by atoms with van der Waals surface area (Å²) in [5.74, 6) is -0.697. The van der Waals surface area contributed by atoms with Gasteiger partial charge in [-0.05, 0) is 71.8 Å². The average molecular weight is 534 g/mol. The van der Waals surface area contributed by atoms with Gasteiger partial charge in [0.1, 0.15) is 11.9 Å².